The molecule has 2 aromatic carbocycles. The Morgan fingerprint density at radius 3 is 2.57 bits per heavy atom. The lowest BCUT2D eigenvalue weighted by atomic mass is 10.2. The molecule has 0 saturated heterocycles. The summed E-state index contributed by atoms with van der Waals surface area (Å²) in [6.45, 7) is 4.42. The Balaban J connectivity index is 1.43. The molecule has 0 aliphatic heterocycles. The molecule has 1 amide bonds. The second kappa shape index (κ2) is 10.5. The van der Waals surface area contributed by atoms with E-state index in [0.29, 0.717) is 40.2 Å². The number of benzene rings is 2. The van der Waals surface area contributed by atoms with E-state index in [4.69, 9.17) is 25.8 Å². The highest BCUT2D eigenvalue weighted by Gasteiger charge is 2.18. The average molecular weight is 496 g/mol. The normalized spacial score (nSPS) is 10.8. The summed E-state index contributed by atoms with van der Waals surface area (Å²) in [6.07, 6.45) is 1.68. The third kappa shape index (κ3) is 5.58. The number of carbonyl (C=O) groups excluding carboxylic acids is 1. The maximum Gasteiger partial charge on any atom is 0.276 e. The SMILES string of the molecule is COc1ccc(Cn2nc(C)c(NC(=O)c3ccn(COc4cccc(Cl)c4)n3)c2C)cc1OC. The molecule has 0 atom stereocenters. The van der Waals surface area contributed by atoms with Gasteiger partial charge >= 0.3 is 0 Å². The molecular formula is C25H26ClN5O4. The van der Waals surface area contributed by atoms with Crippen LogP contribution in [0.25, 0.3) is 0 Å². The Labute approximate surface area is 208 Å². The first-order chi connectivity index (χ1) is 16.9. The summed E-state index contributed by atoms with van der Waals surface area (Å²) in [5.74, 6) is 1.60. The van der Waals surface area contributed by atoms with Crippen LogP contribution in [0.15, 0.2) is 54.7 Å². The molecule has 10 heteroatoms. The van der Waals surface area contributed by atoms with Crippen molar-refractivity contribution in [2.45, 2.75) is 27.1 Å². The van der Waals surface area contributed by atoms with Gasteiger partial charge in [-0.25, -0.2) is 4.68 Å². The fourth-order valence-electron chi connectivity index (χ4n) is 3.61. The summed E-state index contributed by atoms with van der Waals surface area (Å²) in [5.41, 5.74) is 3.45. The molecule has 9 nitrogen and oxygen atoms in total. The van der Waals surface area contributed by atoms with E-state index in [9.17, 15) is 4.79 Å². The van der Waals surface area contributed by atoms with Crippen molar-refractivity contribution < 1.29 is 19.0 Å². The number of aromatic nitrogens is 4. The van der Waals surface area contributed by atoms with Gasteiger partial charge < -0.3 is 19.5 Å². The standard InChI is InChI=1S/C25H26ClN5O4/c1-16-24(17(2)31(28-16)14-18-8-9-22(33-3)23(12-18)34-4)27-25(32)21-10-11-30(29-21)15-35-20-7-5-6-19(26)13-20/h5-13H,14-15H2,1-4H3,(H,27,32). The van der Waals surface area contributed by atoms with E-state index in [2.05, 4.69) is 15.5 Å². The number of amides is 1. The second-order valence-corrected chi connectivity index (χ2v) is 8.25. The van der Waals surface area contributed by atoms with Crippen molar-refractivity contribution in [2.75, 3.05) is 19.5 Å². The summed E-state index contributed by atoms with van der Waals surface area (Å²) in [4.78, 5) is 12.9. The van der Waals surface area contributed by atoms with Gasteiger partial charge in [-0.05, 0) is 55.8 Å². The van der Waals surface area contributed by atoms with Crippen LogP contribution in [0.2, 0.25) is 5.02 Å². The second-order valence-electron chi connectivity index (χ2n) is 7.82. The van der Waals surface area contributed by atoms with Gasteiger partial charge in [0.2, 0.25) is 0 Å². The topological polar surface area (TPSA) is 92.4 Å². The molecule has 182 valence electrons. The summed E-state index contributed by atoms with van der Waals surface area (Å²) >= 11 is 5.97. The summed E-state index contributed by atoms with van der Waals surface area (Å²) in [6, 6.07) is 14.4. The predicted octanol–water partition coefficient (Wildman–Crippen LogP) is 4.70. The maximum atomic E-state index is 12.9. The first kappa shape index (κ1) is 24.2. The van der Waals surface area contributed by atoms with E-state index in [1.165, 1.54) is 4.68 Å². The Hall–Kier alpha value is -3.98. The Morgan fingerprint density at radius 2 is 1.83 bits per heavy atom. The van der Waals surface area contributed by atoms with Crippen LogP contribution in [0, 0.1) is 13.8 Å². The van der Waals surface area contributed by atoms with Crippen molar-refractivity contribution in [3.05, 3.63) is 82.4 Å². The predicted molar refractivity (Wildman–Crippen MR) is 133 cm³/mol. The maximum absolute atomic E-state index is 12.9. The third-order valence-electron chi connectivity index (χ3n) is 5.43. The molecule has 0 saturated carbocycles. The number of nitrogens with one attached hydrogen (secondary N) is 1. The van der Waals surface area contributed by atoms with Crippen LogP contribution in [-0.2, 0) is 13.3 Å². The smallest absolute Gasteiger partial charge is 0.276 e. The molecular weight excluding hydrogens is 470 g/mol. The van der Waals surface area contributed by atoms with Crippen molar-refractivity contribution in [2.24, 2.45) is 0 Å². The molecule has 0 aliphatic rings. The van der Waals surface area contributed by atoms with Crippen LogP contribution in [0.1, 0.15) is 27.4 Å². The van der Waals surface area contributed by atoms with Gasteiger partial charge in [0.15, 0.2) is 23.9 Å². The Bertz CT molecular complexity index is 1350. The lowest BCUT2D eigenvalue weighted by Crippen LogP contribution is -2.15. The van der Waals surface area contributed by atoms with Gasteiger partial charge in [-0.3, -0.25) is 9.48 Å². The Morgan fingerprint density at radius 1 is 1.03 bits per heavy atom. The zero-order chi connectivity index (χ0) is 24.9. The van der Waals surface area contributed by atoms with Crippen molar-refractivity contribution in [1.82, 2.24) is 19.6 Å². The lowest BCUT2D eigenvalue weighted by Gasteiger charge is -2.11. The van der Waals surface area contributed by atoms with E-state index in [1.807, 2.05) is 36.7 Å². The number of carbonyl (C=O) groups is 1. The van der Waals surface area contributed by atoms with Crippen LogP contribution in [0.4, 0.5) is 5.69 Å². The zero-order valence-electron chi connectivity index (χ0n) is 19.9. The minimum atomic E-state index is -0.330. The summed E-state index contributed by atoms with van der Waals surface area (Å²) in [7, 11) is 3.20. The number of hydrogen-bond acceptors (Lipinski definition) is 6. The van der Waals surface area contributed by atoms with Crippen LogP contribution in [0.3, 0.4) is 0 Å². The van der Waals surface area contributed by atoms with Crippen molar-refractivity contribution in [3.63, 3.8) is 0 Å². The average Bonchev–Trinajstić information content (AvgIpc) is 3.43. The highest BCUT2D eigenvalue weighted by molar-refractivity contribution is 6.30. The number of aryl methyl sites for hydroxylation is 1. The molecule has 0 spiro atoms. The molecule has 0 bridgehead atoms. The number of anilines is 1. The molecule has 0 unspecified atom stereocenters. The minimum absolute atomic E-state index is 0.148. The molecule has 1 N–H and O–H groups in total. The first-order valence-corrected chi connectivity index (χ1v) is 11.2. The van der Waals surface area contributed by atoms with Crippen LogP contribution in [0.5, 0.6) is 17.2 Å². The molecule has 35 heavy (non-hydrogen) atoms. The van der Waals surface area contributed by atoms with Crippen LogP contribution < -0.4 is 19.5 Å². The molecule has 0 fully saturated rings. The number of nitrogens with zero attached hydrogens (tertiary/aromatic N) is 4. The van der Waals surface area contributed by atoms with Gasteiger partial charge in [0.1, 0.15) is 5.75 Å². The van der Waals surface area contributed by atoms with Gasteiger partial charge in [-0.1, -0.05) is 23.7 Å². The highest BCUT2D eigenvalue weighted by atomic mass is 35.5. The lowest BCUT2D eigenvalue weighted by molar-refractivity contribution is 0.102. The van der Waals surface area contributed by atoms with Gasteiger partial charge in [0.05, 0.1) is 37.8 Å². The quantitative estimate of drug-likeness (QED) is 0.361. The molecule has 0 radical (unpaired) electrons. The van der Waals surface area contributed by atoms with Crippen molar-refractivity contribution in [1.29, 1.82) is 0 Å². The van der Waals surface area contributed by atoms with Crippen LogP contribution in [-0.4, -0.2) is 39.7 Å². The number of methoxy groups -OCH3 is 2. The molecule has 2 aromatic heterocycles. The molecule has 2 heterocycles. The van der Waals surface area contributed by atoms with E-state index in [0.717, 1.165) is 11.3 Å². The van der Waals surface area contributed by atoms with E-state index in [-0.39, 0.29) is 18.3 Å². The fraction of sp³-hybridized carbons (Fsp3) is 0.240. The number of ether oxygens (including phenoxy) is 3. The number of hydrogen-bond donors (Lipinski definition) is 1. The molecule has 4 aromatic rings. The van der Waals surface area contributed by atoms with Gasteiger partial charge in [0, 0.05) is 11.2 Å². The Kier molecular flexibility index (Phi) is 7.26. The van der Waals surface area contributed by atoms with Crippen molar-refractivity contribution in [3.8, 4) is 17.2 Å². The molecule has 0 aliphatic carbocycles. The first-order valence-electron chi connectivity index (χ1n) is 10.9. The fourth-order valence-corrected chi connectivity index (χ4v) is 3.79. The monoisotopic (exact) mass is 495 g/mol. The van der Waals surface area contributed by atoms with E-state index in [1.54, 1.807) is 50.7 Å². The van der Waals surface area contributed by atoms with Crippen LogP contribution >= 0.6 is 11.6 Å². The number of halogens is 1. The number of rotatable bonds is 9. The van der Waals surface area contributed by atoms with E-state index < -0.39 is 0 Å². The van der Waals surface area contributed by atoms with Gasteiger partial charge in [-0.15, -0.1) is 0 Å². The van der Waals surface area contributed by atoms with Gasteiger partial charge in [-0.2, -0.15) is 10.2 Å². The minimum Gasteiger partial charge on any atom is -0.493 e. The van der Waals surface area contributed by atoms with E-state index >= 15 is 0 Å². The van der Waals surface area contributed by atoms with Crippen molar-refractivity contribution >= 4 is 23.2 Å². The van der Waals surface area contributed by atoms with Gasteiger partial charge in [0.25, 0.3) is 5.91 Å². The summed E-state index contributed by atoms with van der Waals surface area (Å²) in [5, 5.41) is 12.4. The third-order valence-corrected chi connectivity index (χ3v) is 5.67. The molecule has 4 rings (SSSR count). The zero-order valence-corrected chi connectivity index (χ0v) is 20.7. The highest BCUT2D eigenvalue weighted by Crippen LogP contribution is 2.29. The summed E-state index contributed by atoms with van der Waals surface area (Å²) < 4.78 is 19.7. The largest absolute Gasteiger partial charge is 0.493 e.